The molecule has 0 aliphatic rings. The Bertz CT molecular complexity index is 734. The second kappa shape index (κ2) is 8.38. The van der Waals surface area contributed by atoms with Gasteiger partial charge in [0.1, 0.15) is 5.69 Å². The van der Waals surface area contributed by atoms with Gasteiger partial charge in [-0.05, 0) is 31.9 Å². The molecule has 0 radical (unpaired) electrons. The average molecular weight is 328 g/mol. The summed E-state index contributed by atoms with van der Waals surface area (Å²) in [6, 6.07) is 5.42. The molecule has 0 saturated heterocycles. The summed E-state index contributed by atoms with van der Waals surface area (Å²) in [6.45, 7) is 7.26. The van der Waals surface area contributed by atoms with Crippen LogP contribution >= 0.6 is 0 Å². The molecule has 2 aromatic rings. The molecule has 0 unspecified atom stereocenters. The minimum absolute atomic E-state index is 0.0281. The number of aryl methyl sites for hydroxylation is 1. The number of amides is 1. The lowest BCUT2D eigenvalue weighted by atomic mass is 10.1. The second-order valence-corrected chi connectivity index (χ2v) is 5.75. The monoisotopic (exact) mass is 328 g/mol. The third kappa shape index (κ3) is 4.28. The minimum Gasteiger partial charge on any atom is -0.342 e. The van der Waals surface area contributed by atoms with Crippen LogP contribution in [0.5, 0.6) is 0 Å². The molecule has 24 heavy (non-hydrogen) atoms. The summed E-state index contributed by atoms with van der Waals surface area (Å²) in [4.78, 5) is 38.1. The number of hydrogen-bond donors (Lipinski definition) is 1. The third-order valence-electron chi connectivity index (χ3n) is 3.80. The molecule has 0 aromatic carbocycles. The van der Waals surface area contributed by atoms with Crippen molar-refractivity contribution in [3.8, 4) is 11.5 Å². The van der Waals surface area contributed by atoms with E-state index in [0.717, 1.165) is 12.8 Å². The highest BCUT2D eigenvalue weighted by atomic mass is 16.2. The number of nitrogens with one attached hydrogen (secondary N) is 1. The summed E-state index contributed by atoms with van der Waals surface area (Å²) in [5.41, 5.74) is 1.33. The van der Waals surface area contributed by atoms with Crippen molar-refractivity contribution in [1.82, 2.24) is 19.9 Å². The summed E-state index contributed by atoms with van der Waals surface area (Å²) in [6.07, 6.45) is 3.53. The zero-order valence-corrected chi connectivity index (χ0v) is 14.5. The van der Waals surface area contributed by atoms with Gasteiger partial charge in [-0.3, -0.25) is 14.6 Å². The number of H-pyrrole nitrogens is 1. The predicted octanol–water partition coefficient (Wildman–Crippen LogP) is 2.33. The van der Waals surface area contributed by atoms with Crippen molar-refractivity contribution in [3.05, 3.63) is 46.0 Å². The Balaban J connectivity index is 2.25. The predicted molar refractivity (Wildman–Crippen MR) is 93.7 cm³/mol. The summed E-state index contributed by atoms with van der Waals surface area (Å²) < 4.78 is 0. The van der Waals surface area contributed by atoms with E-state index in [0.29, 0.717) is 35.9 Å². The lowest BCUT2D eigenvalue weighted by Gasteiger charge is -2.21. The first kappa shape index (κ1) is 17.8. The lowest BCUT2D eigenvalue weighted by Crippen LogP contribution is -2.35. The van der Waals surface area contributed by atoms with E-state index < -0.39 is 0 Å². The Morgan fingerprint density at radius 1 is 1.21 bits per heavy atom. The van der Waals surface area contributed by atoms with Crippen LogP contribution in [-0.4, -0.2) is 38.8 Å². The maximum atomic E-state index is 12.5. The fraction of sp³-hybridized carbons (Fsp3) is 0.444. The number of carbonyl (C=O) groups is 1. The molecule has 0 saturated carbocycles. The molecular weight excluding hydrogens is 304 g/mol. The molecule has 0 bridgehead atoms. The van der Waals surface area contributed by atoms with E-state index in [-0.39, 0.29) is 17.9 Å². The fourth-order valence-corrected chi connectivity index (χ4v) is 2.61. The smallest absolute Gasteiger partial charge is 0.255 e. The Labute approximate surface area is 142 Å². The molecule has 1 N–H and O–H groups in total. The third-order valence-corrected chi connectivity index (χ3v) is 3.80. The topological polar surface area (TPSA) is 79.0 Å². The molecule has 0 fully saturated rings. The van der Waals surface area contributed by atoms with E-state index in [4.69, 9.17) is 0 Å². The Kier molecular flexibility index (Phi) is 6.23. The summed E-state index contributed by atoms with van der Waals surface area (Å²) in [5.74, 6) is 0.396. The summed E-state index contributed by atoms with van der Waals surface area (Å²) >= 11 is 0. The number of nitrogens with zero attached hydrogens (tertiary/aromatic N) is 3. The molecular formula is C18H24N4O2. The molecule has 1 amide bonds. The van der Waals surface area contributed by atoms with Crippen LogP contribution in [0.15, 0.2) is 29.2 Å². The SMILES string of the molecule is CCCN(CCC)C(=O)Cc1c(C)nc(-c2ccccn2)[nH]c1=O. The molecule has 2 aromatic heterocycles. The Morgan fingerprint density at radius 3 is 2.46 bits per heavy atom. The van der Waals surface area contributed by atoms with Gasteiger partial charge in [-0.2, -0.15) is 0 Å². The van der Waals surface area contributed by atoms with Crippen LogP contribution in [-0.2, 0) is 11.2 Å². The van der Waals surface area contributed by atoms with Gasteiger partial charge in [-0.1, -0.05) is 19.9 Å². The van der Waals surface area contributed by atoms with Gasteiger partial charge in [0, 0.05) is 30.5 Å². The van der Waals surface area contributed by atoms with E-state index in [1.165, 1.54) is 0 Å². The molecule has 6 nitrogen and oxygen atoms in total. The van der Waals surface area contributed by atoms with Crippen LogP contribution in [0, 0.1) is 6.92 Å². The maximum absolute atomic E-state index is 12.5. The van der Waals surface area contributed by atoms with Gasteiger partial charge in [0.05, 0.1) is 6.42 Å². The molecule has 128 valence electrons. The summed E-state index contributed by atoms with van der Waals surface area (Å²) in [7, 11) is 0. The van der Waals surface area contributed by atoms with Crippen LogP contribution in [0.25, 0.3) is 11.5 Å². The zero-order valence-electron chi connectivity index (χ0n) is 14.5. The number of rotatable bonds is 7. The minimum atomic E-state index is -0.274. The van der Waals surface area contributed by atoms with Gasteiger partial charge in [0.15, 0.2) is 5.82 Å². The van der Waals surface area contributed by atoms with Gasteiger partial charge in [-0.15, -0.1) is 0 Å². The standard InChI is InChI=1S/C18H24N4O2/c1-4-10-22(11-5-2)16(23)12-14-13(3)20-17(21-18(14)24)15-8-6-7-9-19-15/h6-9H,4-5,10-12H2,1-3H3,(H,20,21,24). The van der Waals surface area contributed by atoms with Crippen LogP contribution < -0.4 is 5.56 Å². The molecule has 0 aliphatic carbocycles. The second-order valence-electron chi connectivity index (χ2n) is 5.75. The van der Waals surface area contributed by atoms with E-state index in [1.54, 1.807) is 25.3 Å². The highest BCUT2D eigenvalue weighted by molar-refractivity contribution is 5.79. The van der Waals surface area contributed by atoms with E-state index in [2.05, 4.69) is 15.0 Å². The maximum Gasteiger partial charge on any atom is 0.255 e. The van der Waals surface area contributed by atoms with E-state index in [9.17, 15) is 9.59 Å². The molecule has 6 heteroatoms. The normalized spacial score (nSPS) is 10.6. The molecule has 2 heterocycles. The van der Waals surface area contributed by atoms with Gasteiger partial charge < -0.3 is 9.88 Å². The molecule has 2 rings (SSSR count). The van der Waals surface area contributed by atoms with Crippen molar-refractivity contribution in [3.63, 3.8) is 0 Å². The highest BCUT2D eigenvalue weighted by Crippen LogP contribution is 2.12. The Morgan fingerprint density at radius 2 is 1.92 bits per heavy atom. The number of hydrogen-bond acceptors (Lipinski definition) is 4. The number of aromatic amines is 1. The fourth-order valence-electron chi connectivity index (χ4n) is 2.61. The number of carbonyl (C=O) groups excluding carboxylic acids is 1. The van der Waals surface area contributed by atoms with Crippen molar-refractivity contribution in [1.29, 1.82) is 0 Å². The first-order chi connectivity index (χ1) is 11.6. The number of aromatic nitrogens is 3. The molecule has 0 atom stereocenters. The molecule has 0 aliphatic heterocycles. The van der Waals surface area contributed by atoms with Crippen molar-refractivity contribution in [2.24, 2.45) is 0 Å². The van der Waals surface area contributed by atoms with Crippen molar-refractivity contribution in [2.45, 2.75) is 40.0 Å². The zero-order chi connectivity index (χ0) is 17.5. The van der Waals surface area contributed by atoms with E-state index in [1.807, 2.05) is 24.8 Å². The first-order valence-electron chi connectivity index (χ1n) is 8.35. The van der Waals surface area contributed by atoms with E-state index >= 15 is 0 Å². The highest BCUT2D eigenvalue weighted by Gasteiger charge is 2.17. The first-order valence-corrected chi connectivity index (χ1v) is 8.35. The van der Waals surface area contributed by atoms with Crippen LogP contribution in [0.2, 0.25) is 0 Å². The number of pyridine rings is 1. The van der Waals surface area contributed by atoms with Gasteiger partial charge in [0.25, 0.3) is 5.56 Å². The summed E-state index contributed by atoms with van der Waals surface area (Å²) in [5, 5.41) is 0. The molecule has 0 spiro atoms. The van der Waals surface area contributed by atoms with Crippen LogP contribution in [0.3, 0.4) is 0 Å². The average Bonchev–Trinajstić information content (AvgIpc) is 2.58. The van der Waals surface area contributed by atoms with Crippen molar-refractivity contribution >= 4 is 5.91 Å². The largest absolute Gasteiger partial charge is 0.342 e. The lowest BCUT2D eigenvalue weighted by molar-refractivity contribution is -0.130. The van der Waals surface area contributed by atoms with Gasteiger partial charge in [-0.25, -0.2) is 4.98 Å². The van der Waals surface area contributed by atoms with Crippen molar-refractivity contribution < 1.29 is 4.79 Å². The van der Waals surface area contributed by atoms with Crippen LogP contribution in [0.1, 0.15) is 37.9 Å². The van der Waals surface area contributed by atoms with Gasteiger partial charge >= 0.3 is 0 Å². The quantitative estimate of drug-likeness (QED) is 0.846. The van der Waals surface area contributed by atoms with Gasteiger partial charge in [0.2, 0.25) is 5.91 Å². The van der Waals surface area contributed by atoms with Crippen molar-refractivity contribution in [2.75, 3.05) is 13.1 Å². The van der Waals surface area contributed by atoms with Crippen LogP contribution in [0.4, 0.5) is 0 Å². The Hall–Kier alpha value is -2.50.